The fourth-order valence-electron chi connectivity index (χ4n) is 1.54. The Kier molecular flexibility index (Phi) is 3.44. The number of hydrogen-bond donors (Lipinski definition) is 1. The molecule has 1 amide bonds. The normalized spacial score (nSPS) is 9.94. The Morgan fingerprint density at radius 2 is 1.47 bits per heavy atom. The maximum atomic E-state index is 11.3. The van der Waals surface area contributed by atoms with Crippen LogP contribution in [0.15, 0.2) is 59.1 Å². The van der Waals surface area contributed by atoms with Crippen LogP contribution in [0.5, 0.6) is 0 Å². The van der Waals surface area contributed by atoms with Gasteiger partial charge in [0, 0.05) is 4.47 Å². The van der Waals surface area contributed by atoms with Crippen LogP contribution < -0.4 is 4.90 Å². The zero-order chi connectivity index (χ0) is 12.3. The van der Waals surface area contributed by atoms with E-state index in [4.69, 9.17) is 0 Å². The third-order valence-corrected chi connectivity index (χ3v) is 2.82. The molecule has 1 N–H and O–H groups in total. The molecule has 2 rings (SSSR count). The van der Waals surface area contributed by atoms with Crippen LogP contribution in [-0.4, -0.2) is 11.2 Å². The van der Waals surface area contributed by atoms with Crippen LogP contribution in [-0.2, 0) is 0 Å². The average molecular weight is 292 g/mol. The third-order valence-electron chi connectivity index (χ3n) is 2.29. The Morgan fingerprint density at radius 1 is 0.941 bits per heavy atom. The molecule has 0 saturated carbocycles. The first kappa shape index (κ1) is 11.7. The van der Waals surface area contributed by atoms with E-state index in [2.05, 4.69) is 15.9 Å². The van der Waals surface area contributed by atoms with E-state index in [0.29, 0.717) is 11.4 Å². The van der Waals surface area contributed by atoms with Gasteiger partial charge in [-0.1, -0.05) is 34.1 Å². The first-order valence-electron chi connectivity index (χ1n) is 5.02. The molecule has 0 radical (unpaired) electrons. The molecular weight excluding hydrogens is 282 g/mol. The van der Waals surface area contributed by atoms with Gasteiger partial charge in [-0.3, -0.25) is 0 Å². The highest BCUT2D eigenvalue weighted by Crippen LogP contribution is 2.26. The Morgan fingerprint density at radius 3 is 2.00 bits per heavy atom. The van der Waals surface area contributed by atoms with Crippen molar-refractivity contribution in [3.05, 3.63) is 59.1 Å². The molecule has 0 bridgehead atoms. The van der Waals surface area contributed by atoms with Gasteiger partial charge in [-0.25, -0.2) is 9.69 Å². The van der Waals surface area contributed by atoms with Gasteiger partial charge < -0.3 is 5.11 Å². The van der Waals surface area contributed by atoms with Crippen molar-refractivity contribution in [2.75, 3.05) is 4.90 Å². The minimum atomic E-state index is -1.00. The predicted molar refractivity (Wildman–Crippen MR) is 70.7 cm³/mol. The molecule has 17 heavy (non-hydrogen) atoms. The topological polar surface area (TPSA) is 40.5 Å². The Hall–Kier alpha value is -1.81. The van der Waals surface area contributed by atoms with E-state index < -0.39 is 6.09 Å². The molecular formula is C13H10BrNO2. The number of anilines is 2. The van der Waals surface area contributed by atoms with E-state index >= 15 is 0 Å². The van der Waals surface area contributed by atoms with Gasteiger partial charge in [-0.05, 0) is 36.4 Å². The molecule has 0 unspecified atom stereocenters. The van der Waals surface area contributed by atoms with E-state index in [1.165, 1.54) is 4.90 Å². The molecule has 0 saturated heterocycles. The Bertz CT molecular complexity index is 511. The SMILES string of the molecule is O=C(O)N(c1ccccc1)c1ccc(Br)cc1. The lowest BCUT2D eigenvalue weighted by Crippen LogP contribution is -2.23. The number of rotatable bonds is 2. The lowest BCUT2D eigenvalue weighted by atomic mass is 10.2. The lowest BCUT2D eigenvalue weighted by molar-refractivity contribution is 0.205. The van der Waals surface area contributed by atoms with E-state index in [1.807, 2.05) is 30.3 Å². The van der Waals surface area contributed by atoms with Crippen molar-refractivity contribution in [2.45, 2.75) is 0 Å². The van der Waals surface area contributed by atoms with Crippen molar-refractivity contribution >= 4 is 33.4 Å². The van der Waals surface area contributed by atoms with Crippen molar-refractivity contribution in [3.8, 4) is 0 Å². The number of carboxylic acid groups (broad SMARTS) is 1. The van der Waals surface area contributed by atoms with Gasteiger partial charge in [-0.2, -0.15) is 0 Å². The molecule has 0 atom stereocenters. The van der Waals surface area contributed by atoms with Crippen molar-refractivity contribution in [1.82, 2.24) is 0 Å². The van der Waals surface area contributed by atoms with Crippen LogP contribution in [0.2, 0.25) is 0 Å². The highest BCUT2D eigenvalue weighted by Gasteiger charge is 2.15. The average Bonchev–Trinajstić information content (AvgIpc) is 2.33. The maximum Gasteiger partial charge on any atom is 0.416 e. The van der Waals surface area contributed by atoms with E-state index in [0.717, 1.165) is 4.47 Å². The second kappa shape index (κ2) is 5.01. The number of halogens is 1. The van der Waals surface area contributed by atoms with Gasteiger partial charge >= 0.3 is 6.09 Å². The van der Waals surface area contributed by atoms with Crippen molar-refractivity contribution in [2.24, 2.45) is 0 Å². The van der Waals surface area contributed by atoms with Gasteiger partial charge in [-0.15, -0.1) is 0 Å². The third kappa shape index (κ3) is 2.65. The summed E-state index contributed by atoms with van der Waals surface area (Å²) in [4.78, 5) is 12.5. The number of benzene rings is 2. The number of hydrogen-bond acceptors (Lipinski definition) is 1. The van der Waals surface area contributed by atoms with Crippen LogP contribution in [0.4, 0.5) is 16.2 Å². The summed E-state index contributed by atoms with van der Waals surface area (Å²) in [6.07, 6.45) is -1.00. The molecule has 86 valence electrons. The van der Waals surface area contributed by atoms with Gasteiger partial charge in [0.05, 0.1) is 11.4 Å². The second-order valence-corrected chi connectivity index (χ2v) is 4.35. The number of nitrogens with zero attached hydrogens (tertiary/aromatic N) is 1. The molecule has 3 nitrogen and oxygen atoms in total. The minimum absolute atomic E-state index is 0.618. The summed E-state index contributed by atoms with van der Waals surface area (Å²) in [6, 6.07) is 16.1. The summed E-state index contributed by atoms with van der Waals surface area (Å²) >= 11 is 3.32. The standard InChI is InChI=1S/C13H10BrNO2/c14-10-6-8-12(9-7-10)15(13(16)17)11-4-2-1-3-5-11/h1-9H,(H,16,17). The number of carbonyl (C=O) groups is 1. The van der Waals surface area contributed by atoms with E-state index in [9.17, 15) is 9.90 Å². The second-order valence-electron chi connectivity index (χ2n) is 3.43. The van der Waals surface area contributed by atoms with Crippen LogP contribution in [0.25, 0.3) is 0 Å². The monoisotopic (exact) mass is 291 g/mol. The molecule has 0 aliphatic carbocycles. The first-order chi connectivity index (χ1) is 8.18. The van der Waals surface area contributed by atoms with Crippen molar-refractivity contribution in [1.29, 1.82) is 0 Å². The summed E-state index contributed by atoms with van der Waals surface area (Å²) in [7, 11) is 0. The molecule has 2 aromatic carbocycles. The summed E-state index contributed by atoms with van der Waals surface area (Å²) in [5, 5.41) is 9.26. The van der Waals surface area contributed by atoms with Gasteiger partial charge in [0.1, 0.15) is 0 Å². The van der Waals surface area contributed by atoms with Crippen molar-refractivity contribution in [3.63, 3.8) is 0 Å². The fourth-order valence-corrected chi connectivity index (χ4v) is 1.80. The quantitative estimate of drug-likeness (QED) is 0.898. The number of amides is 1. The van der Waals surface area contributed by atoms with E-state index in [1.54, 1.807) is 24.3 Å². The fraction of sp³-hybridized carbons (Fsp3) is 0. The molecule has 0 heterocycles. The largest absolute Gasteiger partial charge is 0.464 e. The van der Waals surface area contributed by atoms with Gasteiger partial charge in [0.2, 0.25) is 0 Å². The Labute approximate surface area is 107 Å². The molecule has 0 spiro atoms. The smallest absolute Gasteiger partial charge is 0.416 e. The van der Waals surface area contributed by atoms with Crippen LogP contribution >= 0.6 is 15.9 Å². The molecule has 2 aromatic rings. The zero-order valence-electron chi connectivity index (χ0n) is 8.88. The molecule has 0 aliphatic rings. The van der Waals surface area contributed by atoms with Gasteiger partial charge in [0.15, 0.2) is 0 Å². The highest BCUT2D eigenvalue weighted by atomic mass is 79.9. The van der Waals surface area contributed by atoms with Crippen LogP contribution in [0, 0.1) is 0 Å². The molecule has 0 aliphatic heterocycles. The molecule has 4 heteroatoms. The van der Waals surface area contributed by atoms with Crippen molar-refractivity contribution < 1.29 is 9.90 Å². The maximum absolute atomic E-state index is 11.3. The van der Waals surface area contributed by atoms with E-state index in [-0.39, 0.29) is 0 Å². The van der Waals surface area contributed by atoms with Gasteiger partial charge in [0.25, 0.3) is 0 Å². The number of para-hydroxylation sites is 1. The zero-order valence-corrected chi connectivity index (χ0v) is 10.5. The highest BCUT2D eigenvalue weighted by molar-refractivity contribution is 9.10. The summed E-state index contributed by atoms with van der Waals surface area (Å²) in [5.74, 6) is 0. The summed E-state index contributed by atoms with van der Waals surface area (Å²) < 4.78 is 0.916. The lowest BCUT2D eigenvalue weighted by Gasteiger charge is -2.19. The first-order valence-corrected chi connectivity index (χ1v) is 5.81. The Balaban J connectivity index is 2.43. The summed E-state index contributed by atoms with van der Waals surface area (Å²) in [6.45, 7) is 0. The molecule has 0 aromatic heterocycles. The molecule has 0 fully saturated rings. The summed E-state index contributed by atoms with van der Waals surface area (Å²) in [5.41, 5.74) is 1.24. The van der Waals surface area contributed by atoms with Crippen LogP contribution in [0.3, 0.4) is 0 Å². The van der Waals surface area contributed by atoms with Crippen LogP contribution in [0.1, 0.15) is 0 Å². The predicted octanol–water partition coefficient (Wildman–Crippen LogP) is 4.27. The minimum Gasteiger partial charge on any atom is -0.464 e.